The number of nitrogens with one attached hydrogen (secondary N) is 2. The first-order valence-electron chi connectivity index (χ1n) is 8.94. The Hall–Kier alpha value is -0.880. The second-order valence-electron chi connectivity index (χ2n) is 7.62. The van der Waals surface area contributed by atoms with Crippen molar-refractivity contribution >= 4 is 30.7 Å². The third-order valence-corrected chi connectivity index (χ3v) is 5.13. The Kier molecular flexibility index (Phi) is 9.31. The maximum atomic E-state index is 13.8. The topological polar surface area (TPSA) is 44.4 Å². The molecule has 26 heavy (non-hydrogen) atoms. The highest BCUT2D eigenvalue weighted by molar-refractivity contribution is 5.85. The Labute approximate surface area is 168 Å². The van der Waals surface area contributed by atoms with Crippen LogP contribution in [0.3, 0.4) is 0 Å². The van der Waals surface area contributed by atoms with Crippen molar-refractivity contribution in [3.8, 4) is 0 Å². The molecular weight excluding hydrogens is 376 g/mol. The largest absolute Gasteiger partial charge is 0.352 e. The van der Waals surface area contributed by atoms with Gasteiger partial charge in [-0.25, -0.2) is 4.39 Å². The van der Waals surface area contributed by atoms with Gasteiger partial charge in [0, 0.05) is 37.2 Å². The van der Waals surface area contributed by atoms with Gasteiger partial charge in [-0.05, 0) is 63.4 Å². The van der Waals surface area contributed by atoms with Crippen LogP contribution in [0.5, 0.6) is 0 Å². The molecule has 148 valence electrons. The zero-order chi connectivity index (χ0) is 17.1. The summed E-state index contributed by atoms with van der Waals surface area (Å²) in [7, 11) is 3.83. The van der Waals surface area contributed by atoms with Gasteiger partial charge in [-0.2, -0.15) is 0 Å². The van der Waals surface area contributed by atoms with Gasteiger partial charge in [0.1, 0.15) is 5.82 Å². The van der Waals surface area contributed by atoms with Gasteiger partial charge >= 0.3 is 0 Å². The summed E-state index contributed by atoms with van der Waals surface area (Å²) in [4.78, 5) is 14.2. The van der Waals surface area contributed by atoms with Crippen LogP contribution in [0.25, 0.3) is 0 Å². The zero-order valence-electron chi connectivity index (χ0n) is 15.5. The van der Waals surface area contributed by atoms with Gasteiger partial charge in [0.2, 0.25) is 5.91 Å². The second-order valence-corrected chi connectivity index (χ2v) is 7.62. The number of benzene rings is 1. The van der Waals surface area contributed by atoms with E-state index in [1.807, 2.05) is 25.1 Å². The molecule has 1 aromatic carbocycles. The van der Waals surface area contributed by atoms with E-state index >= 15 is 0 Å². The van der Waals surface area contributed by atoms with Crippen molar-refractivity contribution in [1.29, 1.82) is 0 Å². The molecule has 7 heteroatoms. The second kappa shape index (κ2) is 10.5. The molecule has 2 heterocycles. The molecule has 0 saturated carbocycles. The number of fused-ring (bicyclic) bond motifs is 2. The van der Waals surface area contributed by atoms with E-state index in [4.69, 9.17) is 0 Å². The van der Waals surface area contributed by atoms with Crippen molar-refractivity contribution < 1.29 is 9.18 Å². The van der Waals surface area contributed by atoms with E-state index in [1.165, 1.54) is 18.9 Å². The van der Waals surface area contributed by atoms with Crippen molar-refractivity contribution in [2.24, 2.45) is 5.92 Å². The highest BCUT2D eigenvalue weighted by Crippen LogP contribution is 2.32. The molecule has 2 bridgehead atoms. The van der Waals surface area contributed by atoms with Gasteiger partial charge in [-0.15, -0.1) is 24.8 Å². The average molecular weight is 406 g/mol. The minimum absolute atomic E-state index is 0. The molecule has 1 amide bonds. The molecule has 0 radical (unpaired) electrons. The summed E-state index contributed by atoms with van der Waals surface area (Å²) >= 11 is 0. The molecule has 0 spiro atoms. The maximum absolute atomic E-state index is 13.8. The molecule has 3 rings (SSSR count). The summed E-state index contributed by atoms with van der Waals surface area (Å²) in [5.74, 6) is 0.421. The SMILES string of the molecule is CN(C)Cc1cc(CNC(=O)CC2CC3CCC(C2)N3)ccc1F.Cl.Cl. The summed E-state index contributed by atoms with van der Waals surface area (Å²) in [5, 5.41) is 6.61. The van der Waals surface area contributed by atoms with Crippen LogP contribution in [0.4, 0.5) is 4.39 Å². The van der Waals surface area contributed by atoms with Crippen molar-refractivity contribution in [3.05, 3.63) is 35.1 Å². The number of amides is 1. The van der Waals surface area contributed by atoms with Crippen LogP contribution in [-0.2, 0) is 17.9 Å². The molecule has 4 nitrogen and oxygen atoms in total. The molecular formula is C19H30Cl2FN3O. The van der Waals surface area contributed by atoms with E-state index in [2.05, 4.69) is 10.6 Å². The minimum Gasteiger partial charge on any atom is -0.352 e. The lowest BCUT2D eigenvalue weighted by Crippen LogP contribution is -2.39. The lowest BCUT2D eigenvalue weighted by molar-refractivity contribution is -0.122. The molecule has 2 aliphatic heterocycles. The van der Waals surface area contributed by atoms with Crippen LogP contribution < -0.4 is 10.6 Å². The molecule has 2 fully saturated rings. The summed E-state index contributed by atoms with van der Waals surface area (Å²) < 4.78 is 13.8. The van der Waals surface area contributed by atoms with Crippen molar-refractivity contribution in [2.45, 2.75) is 57.3 Å². The Balaban J connectivity index is 0.00000169. The molecule has 0 aromatic heterocycles. The predicted molar refractivity (Wildman–Crippen MR) is 107 cm³/mol. The average Bonchev–Trinajstić information content (AvgIpc) is 2.86. The Morgan fingerprint density at radius 1 is 1.23 bits per heavy atom. The van der Waals surface area contributed by atoms with E-state index in [-0.39, 0.29) is 36.5 Å². The quantitative estimate of drug-likeness (QED) is 0.762. The van der Waals surface area contributed by atoms with E-state index in [0.717, 1.165) is 18.4 Å². The number of rotatable bonds is 6. The molecule has 0 aliphatic carbocycles. The fourth-order valence-corrected chi connectivity index (χ4v) is 4.08. The van der Waals surface area contributed by atoms with Crippen LogP contribution in [0.1, 0.15) is 43.2 Å². The minimum atomic E-state index is -0.191. The fraction of sp³-hybridized carbons (Fsp3) is 0.632. The number of carbonyl (C=O) groups excluding carboxylic acids is 1. The predicted octanol–water partition coefficient (Wildman–Crippen LogP) is 3.27. The Morgan fingerprint density at radius 3 is 2.50 bits per heavy atom. The standard InChI is InChI=1S/C19H28FN3O.2ClH/c1-23(2)12-15-7-13(3-6-18(15)20)11-21-19(24)10-14-8-16-4-5-17(9-14)22-16;;/h3,6-7,14,16-17,22H,4-5,8-12H2,1-2H3,(H,21,24);2*1H. The van der Waals surface area contributed by atoms with Crippen molar-refractivity contribution in [1.82, 2.24) is 15.5 Å². The highest BCUT2D eigenvalue weighted by atomic mass is 35.5. The molecule has 2 aliphatic rings. The van der Waals surface area contributed by atoms with E-state index in [1.54, 1.807) is 6.07 Å². The normalized spacial score (nSPS) is 23.9. The highest BCUT2D eigenvalue weighted by Gasteiger charge is 2.34. The third-order valence-electron chi connectivity index (χ3n) is 5.13. The smallest absolute Gasteiger partial charge is 0.220 e. The number of piperidine rings is 1. The van der Waals surface area contributed by atoms with Crippen LogP contribution in [-0.4, -0.2) is 37.0 Å². The monoisotopic (exact) mass is 405 g/mol. The number of hydrogen-bond donors (Lipinski definition) is 2. The van der Waals surface area contributed by atoms with Crippen LogP contribution in [0.15, 0.2) is 18.2 Å². The van der Waals surface area contributed by atoms with Crippen LogP contribution >= 0.6 is 24.8 Å². The summed E-state index contributed by atoms with van der Waals surface area (Å²) in [6.07, 6.45) is 5.36. The lowest BCUT2D eigenvalue weighted by atomic mass is 9.89. The number of hydrogen-bond acceptors (Lipinski definition) is 3. The van der Waals surface area contributed by atoms with Gasteiger partial charge in [0.05, 0.1) is 0 Å². The third kappa shape index (κ3) is 6.38. The molecule has 1 aromatic rings. The zero-order valence-corrected chi connectivity index (χ0v) is 17.1. The summed E-state index contributed by atoms with van der Waals surface area (Å²) in [6, 6.07) is 6.32. The van der Waals surface area contributed by atoms with Gasteiger partial charge in [0.15, 0.2) is 0 Å². The molecule has 2 unspecified atom stereocenters. The van der Waals surface area contributed by atoms with Crippen LogP contribution in [0.2, 0.25) is 0 Å². The van der Waals surface area contributed by atoms with Gasteiger partial charge in [-0.1, -0.05) is 6.07 Å². The Bertz CT molecular complexity index is 588. The van der Waals surface area contributed by atoms with Gasteiger partial charge in [-0.3, -0.25) is 4.79 Å². The number of nitrogens with zero attached hydrogens (tertiary/aromatic N) is 1. The lowest BCUT2D eigenvalue weighted by Gasteiger charge is -2.28. The fourth-order valence-electron chi connectivity index (χ4n) is 4.08. The van der Waals surface area contributed by atoms with Gasteiger partial charge in [0.25, 0.3) is 0 Å². The van der Waals surface area contributed by atoms with E-state index < -0.39 is 0 Å². The number of halogens is 3. The summed E-state index contributed by atoms with van der Waals surface area (Å²) in [5.41, 5.74) is 1.62. The molecule has 2 saturated heterocycles. The molecule has 2 N–H and O–H groups in total. The first-order chi connectivity index (χ1) is 11.5. The van der Waals surface area contributed by atoms with E-state index in [9.17, 15) is 9.18 Å². The van der Waals surface area contributed by atoms with E-state index in [0.29, 0.717) is 43.1 Å². The number of carbonyl (C=O) groups is 1. The van der Waals surface area contributed by atoms with Crippen molar-refractivity contribution in [3.63, 3.8) is 0 Å². The first kappa shape index (κ1) is 23.2. The van der Waals surface area contributed by atoms with Crippen molar-refractivity contribution in [2.75, 3.05) is 14.1 Å². The van der Waals surface area contributed by atoms with Gasteiger partial charge < -0.3 is 15.5 Å². The summed E-state index contributed by atoms with van der Waals surface area (Å²) in [6.45, 7) is 1.03. The molecule has 2 atom stereocenters. The maximum Gasteiger partial charge on any atom is 0.220 e. The first-order valence-corrected chi connectivity index (χ1v) is 8.94. The Morgan fingerprint density at radius 2 is 1.88 bits per heavy atom. The van der Waals surface area contributed by atoms with Crippen LogP contribution in [0, 0.1) is 11.7 Å².